The van der Waals surface area contributed by atoms with Crippen molar-refractivity contribution in [1.82, 2.24) is 9.97 Å². The minimum atomic E-state index is -3.04. The van der Waals surface area contributed by atoms with Crippen LogP contribution in [0.25, 0.3) is 22.3 Å². The third-order valence-corrected chi connectivity index (χ3v) is 4.52. The molecule has 0 saturated carbocycles. The van der Waals surface area contributed by atoms with Gasteiger partial charge in [-0.1, -0.05) is 12.1 Å². The molecule has 2 aromatic heterocycles. The Morgan fingerprint density at radius 2 is 1.74 bits per heavy atom. The molecule has 0 atom stereocenters. The summed E-state index contributed by atoms with van der Waals surface area (Å²) >= 11 is 0. The first-order valence-corrected chi connectivity index (χ1v) is 9.40. The summed E-state index contributed by atoms with van der Waals surface area (Å²) in [5.41, 5.74) is 5.31. The number of hydrogen-bond donors (Lipinski definition) is 0. The van der Waals surface area contributed by atoms with Crippen LogP contribution in [0.15, 0.2) is 42.5 Å². The number of benzene rings is 1. The fraction of sp³-hybridized carbons (Fsp3) is 0.222. The predicted molar refractivity (Wildman–Crippen MR) is 93.0 cm³/mol. The topological polar surface area (TPSA) is 59.9 Å². The SMILES string of the molecule is Cc1cccc(-c2cc(C)c3cc(CS(C)(=O)=O)ccc3n2)n1. The smallest absolute Gasteiger partial charge is 0.151 e. The third-order valence-electron chi connectivity index (χ3n) is 3.66. The lowest BCUT2D eigenvalue weighted by atomic mass is 10.1. The second-order valence-electron chi connectivity index (χ2n) is 5.91. The summed E-state index contributed by atoms with van der Waals surface area (Å²) < 4.78 is 22.9. The van der Waals surface area contributed by atoms with Crippen molar-refractivity contribution < 1.29 is 8.42 Å². The summed E-state index contributed by atoms with van der Waals surface area (Å²) in [5, 5.41) is 0.975. The third kappa shape index (κ3) is 3.56. The number of rotatable bonds is 3. The Labute approximate surface area is 136 Å². The Morgan fingerprint density at radius 3 is 2.43 bits per heavy atom. The van der Waals surface area contributed by atoms with Gasteiger partial charge in [0, 0.05) is 17.3 Å². The quantitative estimate of drug-likeness (QED) is 0.739. The molecule has 0 unspecified atom stereocenters. The maximum Gasteiger partial charge on any atom is 0.151 e. The standard InChI is InChI=1S/C18H18N2O2S/c1-12-9-18(17-6-4-5-13(2)19-17)20-16-8-7-14(10-15(12)16)11-23(3,21)22/h4-10H,11H2,1-3H3. The molecule has 0 aliphatic carbocycles. The van der Waals surface area contributed by atoms with E-state index in [2.05, 4.69) is 9.97 Å². The first-order valence-electron chi connectivity index (χ1n) is 7.34. The van der Waals surface area contributed by atoms with Crippen molar-refractivity contribution in [2.24, 2.45) is 0 Å². The van der Waals surface area contributed by atoms with Crippen LogP contribution in [0.3, 0.4) is 0 Å². The Kier molecular flexibility index (Phi) is 3.90. The molecule has 4 nitrogen and oxygen atoms in total. The molecule has 3 rings (SSSR count). The molecule has 1 aromatic carbocycles. The van der Waals surface area contributed by atoms with Crippen LogP contribution in [0.2, 0.25) is 0 Å². The van der Waals surface area contributed by atoms with Gasteiger partial charge in [-0.15, -0.1) is 0 Å². The maximum absolute atomic E-state index is 11.5. The monoisotopic (exact) mass is 326 g/mol. The summed E-state index contributed by atoms with van der Waals surface area (Å²) in [7, 11) is -3.04. The Balaban J connectivity index is 2.11. The molecule has 0 bridgehead atoms. The van der Waals surface area contributed by atoms with E-state index in [1.807, 2.05) is 56.3 Å². The Hall–Kier alpha value is -2.27. The number of aryl methyl sites for hydroxylation is 2. The fourth-order valence-electron chi connectivity index (χ4n) is 2.65. The molecule has 0 saturated heterocycles. The summed E-state index contributed by atoms with van der Waals surface area (Å²) in [6.45, 7) is 3.96. The molecular formula is C18H18N2O2S. The summed E-state index contributed by atoms with van der Waals surface area (Å²) in [4.78, 5) is 9.19. The van der Waals surface area contributed by atoms with Crippen molar-refractivity contribution in [3.05, 3.63) is 59.3 Å². The first kappa shape index (κ1) is 15.6. The second kappa shape index (κ2) is 5.74. The molecule has 0 spiro atoms. The fourth-order valence-corrected chi connectivity index (χ4v) is 3.44. The van der Waals surface area contributed by atoms with E-state index >= 15 is 0 Å². The van der Waals surface area contributed by atoms with Crippen molar-refractivity contribution in [2.75, 3.05) is 6.26 Å². The van der Waals surface area contributed by atoms with Gasteiger partial charge >= 0.3 is 0 Å². The lowest BCUT2D eigenvalue weighted by molar-refractivity contribution is 0.601. The van der Waals surface area contributed by atoms with Crippen molar-refractivity contribution in [3.8, 4) is 11.4 Å². The summed E-state index contributed by atoms with van der Waals surface area (Å²) in [6.07, 6.45) is 1.24. The van der Waals surface area contributed by atoms with Gasteiger partial charge in [-0.05, 0) is 55.3 Å². The van der Waals surface area contributed by atoms with E-state index in [9.17, 15) is 8.42 Å². The van der Waals surface area contributed by atoms with Gasteiger partial charge in [0.05, 0.1) is 22.7 Å². The highest BCUT2D eigenvalue weighted by Gasteiger charge is 2.09. The van der Waals surface area contributed by atoms with Gasteiger partial charge in [0.1, 0.15) is 0 Å². The Morgan fingerprint density at radius 1 is 0.957 bits per heavy atom. The zero-order valence-corrected chi connectivity index (χ0v) is 14.2. The van der Waals surface area contributed by atoms with Crippen LogP contribution in [0, 0.1) is 13.8 Å². The van der Waals surface area contributed by atoms with Gasteiger partial charge in [-0.3, -0.25) is 4.98 Å². The first-order chi connectivity index (χ1) is 10.8. The van der Waals surface area contributed by atoms with E-state index < -0.39 is 9.84 Å². The summed E-state index contributed by atoms with van der Waals surface area (Å²) in [5.74, 6) is 0.0452. The second-order valence-corrected chi connectivity index (χ2v) is 8.05. The highest BCUT2D eigenvalue weighted by Crippen LogP contribution is 2.25. The average molecular weight is 326 g/mol. The maximum atomic E-state index is 11.5. The minimum absolute atomic E-state index is 0.0452. The van der Waals surface area contributed by atoms with Crippen LogP contribution in [0.4, 0.5) is 0 Å². The van der Waals surface area contributed by atoms with Gasteiger partial charge in [0.25, 0.3) is 0 Å². The van der Waals surface area contributed by atoms with Crippen molar-refractivity contribution in [1.29, 1.82) is 0 Å². The largest absolute Gasteiger partial charge is 0.251 e. The molecule has 5 heteroatoms. The van der Waals surface area contributed by atoms with E-state index in [4.69, 9.17) is 0 Å². The highest BCUT2D eigenvalue weighted by atomic mass is 32.2. The molecule has 2 heterocycles. The number of pyridine rings is 2. The average Bonchev–Trinajstić information content (AvgIpc) is 2.46. The molecule has 0 aliphatic rings. The van der Waals surface area contributed by atoms with Gasteiger partial charge in [-0.2, -0.15) is 0 Å². The van der Waals surface area contributed by atoms with E-state index in [1.54, 1.807) is 0 Å². The van der Waals surface area contributed by atoms with Crippen molar-refractivity contribution in [3.63, 3.8) is 0 Å². The van der Waals surface area contributed by atoms with Crippen LogP contribution in [0.1, 0.15) is 16.8 Å². The number of aromatic nitrogens is 2. The van der Waals surface area contributed by atoms with Gasteiger partial charge in [-0.25, -0.2) is 13.4 Å². The van der Waals surface area contributed by atoms with Gasteiger partial charge in [0.15, 0.2) is 9.84 Å². The zero-order chi connectivity index (χ0) is 16.6. The number of sulfone groups is 1. The predicted octanol–water partition coefficient (Wildman–Crippen LogP) is 3.46. The number of fused-ring (bicyclic) bond motifs is 1. The van der Waals surface area contributed by atoms with E-state index in [0.29, 0.717) is 0 Å². The molecule has 118 valence electrons. The van der Waals surface area contributed by atoms with Crippen LogP contribution in [0.5, 0.6) is 0 Å². The molecule has 3 aromatic rings. The van der Waals surface area contributed by atoms with Crippen LogP contribution < -0.4 is 0 Å². The molecule has 23 heavy (non-hydrogen) atoms. The van der Waals surface area contributed by atoms with E-state index in [-0.39, 0.29) is 5.75 Å². The van der Waals surface area contributed by atoms with Crippen LogP contribution in [-0.4, -0.2) is 24.6 Å². The molecule has 0 amide bonds. The van der Waals surface area contributed by atoms with Gasteiger partial charge in [0.2, 0.25) is 0 Å². The van der Waals surface area contributed by atoms with Crippen LogP contribution in [-0.2, 0) is 15.6 Å². The molecule has 0 aliphatic heterocycles. The van der Waals surface area contributed by atoms with E-state index in [0.717, 1.165) is 39.1 Å². The number of nitrogens with zero attached hydrogens (tertiary/aromatic N) is 2. The van der Waals surface area contributed by atoms with E-state index in [1.165, 1.54) is 6.26 Å². The molecule has 0 N–H and O–H groups in total. The van der Waals surface area contributed by atoms with Crippen molar-refractivity contribution in [2.45, 2.75) is 19.6 Å². The lowest BCUT2D eigenvalue weighted by Crippen LogP contribution is -2.01. The number of hydrogen-bond acceptors (Lipinski definition) is 4. The Bertz CT molecular complexity index is 995. The van der Waals surface area contributed by atoms with Crippen molar-refractivity contribution >= 4 is 20.7 Å². The van der Waals surface area contributed by atoms with Crippen LogP contribution >= 0.6 is 0 Å². The minimum Gasteiger partial charge on any atom is -0.251 e. The molecule has 0 fully saturated rings. The summed E-state index contributed by atoms with van der Waals surface area (Å²) in [6, 6.07) is 13.5. The molecule has 0 radical (unpaired) electrons. The zero-order valence-electron chi connectivity index (χ0n) is 13.4. The van der Waals surface area contributed by atoms with Gasteiger partial charge < -0.3 is 0 Å². The highest BCUT2D eigenvalue weighted by molar-refractivity contribution is 7.89. The normalized spacial score (nSPS) is 11.8. The lowest BCUT2D eigenvalue weighted by Gasteiger charge is -2.08. The molecular weight excluding hydrogens is 308 g/mol.